The van der Waals surface area contributed by atoms with E-state index in [2.05, 4.69) is 55.6 Å². The number of aliphatic hydroxyl groups is 5. The van der Waals surface area contributed by atoms with Crippen molar-refractivity contribution >= 4 is 11.9 Å². The van der Waals surface area contributed by atoms with Crippen molar-refractivity contribution in [3.8, 4) is 0 Å². The van der Waals surface area contributed by atoms with Gasteiger partial charge in [-0.15, -0.1) is 0 Å². The summed E-state index contributed by atoms with van der Waals surface area (Å²) in [6.45, 7) is 4.21. The number of carbonyl (C=O) groups is 2. The van der Waals surface area contributed by atoms with Crippen LogP contribution in [0.5, 0.6) is 0 Å². The normalized spacial score (nSPS) is 20.0. The standard InChI is InChI=1S/C55H99NO10/c1-3-5-7-9-11-13-21-25-29-33-37-41-48(58)47(46-65-55-54(63)53(62)52(61)49(45-57)66-55)56-50(59)42-38-34-30-26-23-19-17-15-16-18-20-24-28-32-36-40-44-64-51(60)43-39-35-31-27-22-14-12-10-8-6-4-2/h10,12,15,17,21,25,37,41,47-49,52-55,57-58,61-63H,3-9,11,13-14,16,18-20,22-24,26-36,38-40,42-46H2,1-2H3,(H,56,59)/b12-10-,17-15-,25-21+,41-37+. The van der Waals surface area contributed by atoms with Gasteiger partial charge in [-0.2, -0.15) is 0 Å². The third-order valence-electron chi connectivity index (χ3n) is 12.4. The molecule has 0 spiro atoms. The Kier molecular flexibility index (Phi) is 42.1. The van der Waals surface area contributed by atoms with Crippen LogP contribution in [0.15, 0.2) is 48.6 Å². The number of amides is 1. The molecule has 1 saturated heterocycles. The predicted octanol–water partition coefficient (Wildman–Crippen LogP) is 11.3. The van der Waals surface area contributed by atoms with Crippen LogP contribution in [-0.2, 0) is 23.8 Å². The fourth-order valence-corrected chi connectivity index (χ4v) is 8.01. The largest absolute Gasteiger partial charge is 0.466 e. The van der Waals surface area contributed by atoms with Crippen molar-refractivity contribution in [2.75, 3.05) is 19.8 Å². The van der Waals surface area contributed by atoms with Crippen molar-refractivity contribution < 1.29 is 49.3 Å². The lowest BCUT2D eigenvalue weighted by molar-refractivity contribution is -0.302. The molecule has 1 aliphatic heterocycles. The van der Waals surface area contributed by atoms with Crippen LogP contribution in [0.3, 0.4) is 0 Å². The summed E-state index contributed by atoms with van der Waals surface area (Å²) in [6, 6.07) is -0.839. The summed E-state index contributed by atoms with van der Waals surface area (Å²) in [5.74, 6) is -0.246. The summed E-state index contributed by atoms with van der Waals surface area (Å²) in [4.78, 5) is 25.0. The molecule has 0 aromatic carbocycles. The summed E-state index contributed by atoms with van der Waals surface area (Å²) in [7, 11) is 0. The molecule has 11 heteroatoms. The van der Waals surface area contributed by atoms with Crippen molar-refractivity contribution in [3.05, 3.63) is 48.6 Å². The van der Waals surface area contributed by atoms with Crippen LogP contribution in [0.4, 0.5) is 0 Å². The van der Waals surface area contributed by atoms with Crippen molar-refractivity contribution in [1.82, 2.24) is 5.32 Å². The van der Waals surface area contributed by atoms with Crippen LogP contribution in [0.1, 0.15) is 226 Å². The molecule has 1 fully saturated rings. The van der Waals surface area contributed by atoms with E-state index >= 15 is 0 Å². The van der Waals surface area contributed by atoms with E-state index in [0.717, 1.165) is 89.9 Å². The SMILES string of the molecule is CCCC/C=C\CCCCCCCC(=O)OCCCCCCCCC/C=C\CCCCCCCC(=O)NC(COC1OC(CO)C(O)C(O)C1O)C(O)/C=C/CC/C=C/CCCCCCC. The average Bonchev–Trinajstić information content (AvgIpc) is 3.31. The Morgan fingerprint density at radius 3 is 1.55 bits per heavy atom. The van der Waals surface area contributed by atoms with E-state index in [9.17, 15) is 35.1 Å². The van der Waals surface area contributed by atoms with Gasteiger partial charge in [0.1, 0.15) is 24.4 Å². The van der Waals surface area contributed by atoms with Crippen LogP contribution in [0, 0.1) is 0 Å². The molecule has 7 atom stereocenters. The van der Waals surface area contributed by atoms with Crippen LogP contribution in [-0.4, -0.2) is 100 Å². The highest BCUT2D eigenvalue weighted by atomic mass is 16.7. The van der Waals surface area contributed by atoms with Gasteiger partial charge >= 0.3 is 5.97 Å². The molecule has 1 aliphatic rings. The molecule has 1 heterocycles. The molecule has 0 aromatic heterocycles. The molecular weight excluding hydrogens is 835 g/mol. The number of aliphatic hydroxyl groups excluding tert-OH is 5. The van der Waals surface area contributed by atoms with Crippen molar-refractivity contribution in [1.29, 1.82) is 0 Å². The maximum absolute atomic E-state index is 13.0. The number of carbonyl (C=O) groups excluding carboxylic acids is 2. The minimum absolute atomic E-state index is 0.0337. The van der Waals surface area contributed by atoms with Gasteiger partial charge in [-0.25, -0.2) is 0 Å². The quantitative estimate of drug-likeness (QED) is 0.0196. The number of nitrogens with one attached hydrogen (secondary N) is 1. The topological polar surface area (TPSA) is 175 Å². The Morgan fingerprint density at radius 1 is 0.545 bits per heavy atom. The van der Waals surface area contributed by atoms with Crippen LogP contribution < -0.4 is 5.32 Å². The zero-order chi connectivity index (χ0) is 48.1. The van der Waals surface area contributed by atoms with Gasteiger partial charge in [-0.1, -0.05) is 172 Å². The Morgan fingerprint density at radius 2 is 1.00 bits per heavy atom. The second-order valence-corrected chi connectivity index (χ2v) is 18.6. The predicted molar refractivity (Wildman–Crippen MR) is 269 cm³/mol. The van der Waals surface area contributed by atoms with E-state index in [0.29, 0.717) is 19.4 Å². The maximum Gasteiger partial charge on any atom is 0.305 e. The van der Waals surface area contributed by atoms with Gasteiger partial charge in [0.15, 0.2) is 6.29 Å². The molecule has 1 rings (SSSR count). The third kappa shape index (κ3) is 34.8. The van der Waals surface area contributed by atoms with Crippen LogP contribution in [0.2, 0.25) is 0 Å². The fraction of sp³-hybridized carbons (Fsp3) is 0.818. The molecule has 1 amide bonds. The molecule has 384 valence electrons. The summed E-state index contributed by atoms with van der Waals surface area (Å²) in [5.41, 5.74) is 0. The van der Waals surface area contributed by atoms with E-state index in [1.165, 1.54) is 109 Å². The molecule has 7 unspecified atom stereocenters. The highest BCUT2D eigenvalue weighted by Crippen LogP contribution is 2.23. The Hall–Kier alpha value is -2.38. The molecular formula is C55H99NO10. The van der Waals surface area contributed by atoms with Crippen LogP contribution >= 0.6 is 0 Å². The number of hydrogen-bond acceptors (Lipinski definition) is 10. The first-order chi connectivity index (χ1) is 32.2. The Balaban J connectivity index is 2.16. The van der Waals surface area contributed by atoms with Crippen LogP contribution in [0.25, 0.3) is 0 Å². The maximum atomic E-state index is 13.0. The monoisotopic (exact) mass is 934 g/mol. The minimum Gasteiger partial charge on any atom is -0.466 e. The Labute approximate surface area is 402 Å². The lowest BCUT2D eigenvalue weighted by Gasteiger charge is -2.40. The lowest BCUT2D eigenvalue weighted by atomic mass is 9.99. The second kappa shape index (κ2) is 45.1. The molecule has 0 saturated carbocycles. The smallest absolute Gasteiger partial charge is 0.305 e. The molecule has 11 nitrogen and oxygen atoms in total. The Bertz CT molecular complexity index is 1240. The van der Waals surface area contributed by atoms with E-state index < -0.39 is 49.5 Å². The van der Waals surface area contributed by atoms with Gasteiger partial charge in [0.25, 0.3) is 0 Å². The van der Waals surface area contributed by atoms with E-state index in [1.54, 1.807) is 6.08 Å². The van der Waals surface area contributed by atoms with Crippen molar-refractivity contribution in [2.45, 2.75) is 269 Å². The fourth-order valence-electron chi connectivity index (χ4n) is 8.01. The highest BCUT2D eigenvalue weighted by molar-refractivity contribution is 5.76. The minimum atomic E-state index is -1.58. The van der Waals surface area contributed by atoms with Gasteiger partial charge in [-0.3, -0.25) is 9.59 Å². The molecule has 0 bridgehead atoms. The van der Waals surface area contributed by atoms with Gasteiger partial charge in [-0.05, 0) is 89.9 Å². The molecule has 0 aromatic rings. The number of rotatable bonds is 45. The van der Waals surface area contributed by atoms with Crippen molar-refractivity contribution in [2.24, 2.45) is 0 Å². The zero-order valence-electron chi connectivity index (χ0n) is 41.9. The first-order valence-corrected chi connectivity index (χ1v) is 26.9. The number of ether oxygens (including phenoxy) is 3. The molecule has 66 heavy (non-hydrogen) atoms. The van der Waals surface area contributed by atoms with Gasteiger partial charge in [0.2, 0.25) is 5.91 Å². The van der Waals surface area contributed by atoms with Crippen molar-refractivity contribution in [3.63, 3.8) is 0 Å². The third-order valence-corrected chi connectivity index (χ3v) is 12.4. The number of unbranched alkanes of at least 4 members (excludes halogenated alkanes) is 25. The lowest BCUT2D eigenvalue weighted by Crippen LogP contribution is -2.60. The number of allylic oxidation sites excluding steroid dienone is 7. The van der Waals surface area contributed by atoms with E-state index in [1.807, 2.05) is 6.08 Å². The zero-order valence-corrected chi connectivity index (χ0v) is 41.9. The summed E-state index contributed by atoms with van der Waals surface area (Å²) in [5, 5.41) is 54.2. The van der Waals surface area contributed by atoms with E-state index in [4.69, 9.17) is 14.2 Å². The molecule has 6 N–H and O–H groups in total. The van der Waals surface area contributed by atoms with Gasteiger partial charge in [0.05, 0.1) is 32.0 Å². The first kappa shape index (κ1) is 61.6. The summed E-state index contributed by atoms with van der Waals surface area (Å²) >= 11 is 0. The number of hydrogen-bond donors (Lipinski definition) is 6. The average molecular weight is 934 g/mol. The molecule has 0 radical (unpaired) electrons. The number of esters is 1. The van der Waals surface area contributed by atoms with Gasteiger partial charge < -0.3 is 45.1 Å². The molecule has 0 aliphatic carbocycles. The summed E-state index contributed by atoms with van der Waals surface area (Å²) < 4.78 is 16.6. The first-order valence-electron chi connectivity index (χ1n) is 26.9. The van der Waals surface area contributed by atoms with Gasteiger partial charge in [0, 0.05) is 12.8 Å². The summed E-state index contributed by atoms with van der Waals surface area (Å²) in [6.07, 6.45) is 44.8. The van der Waals surface area contributed by atoms with E-state index in [-0.39, 0.29) is 18.5 Å². The second-order valence-electron chi connectivity index (χ2n) is 18.6. The highest BCUT2D eigenvalue weighted by Gasteiger charge is 2.44.